The van der Waals surface area contributed by atoms with Crippen molar-refractivity contribution in [1.29, 1.82) is 0 Å². The number of hydrogen-bond acceptors (Lipinski definition) is 4. The number of ether oxygens (including phenoxy) is 2. The van der Waals surface area contributed by atoms with Gasteiger partial charge in [0.15, 0.2) is 11.5 Å². The average molecular weight is 284 g/mol. The van der Waals surface area contributed by atoms with Crippen LogP contribution in [0.1, 0.15) is 13.8 Å². The molecule has 6 heteroatoms. The lowest BCUT2D eigenvalue weighted by molar-refractivity contribution is -0.141. The van der Waals surface area contributed by atoms with Gasteiger partial charge >= 0.3 is 5.97 Å². The maximum Gasteiger partial charge on any atom is 0.307 e. The first kappa shape index (κ1) is 13.9. The highest BCUT2D eigenvalue weighted by molar-refractivity contribution is 7.85. The first-order chi connectivity index (χ1) is 9.00. The quantitative estimate of drug-likeness (QED) is 0.910. The number of benzene rings is 1. The number of fused-ring (bicyclic) bond motifs is 1. The average Bonchev–Trinajstić information content (AvgIpc) is 2.44. The van der Waals surface area contributed by atoms with Crippen molar-refractivity contribution in [1.82, 2.24) is 0 Å². The van der Waals surface area contributed by atoms with Crippen LogP contribution >= 0.6 is 0 Å². The maximum atomic E-state index is 12.3. The molecule has 1 N–H and O–H groups in total. The number of aliphatic carboxylic acids is 1. The van der Waals surface area contributed by atoms with Gasteiger partial charge in [-0.25, -0.2) is 0 Å². The van der Waals surface area contributed by atoms with Gasteiger partial charge in [0.1, 0.15) is 13.2 Å². The van der Waals surface area contributed by atoms with Crippen molar-refractivity contribution < 1.29 is 23.6 Å². The predicted molar refractivity (Wildman–Crippen MR) is 70.1 cm³/mol. The molecule has 3 atom stereocenters. The van der Waals surface area contributed by atoms with Gasteiger partial charge in [0.25, 0.3) is 0 Å². The topological polar surface area (TPSA) is 72.8 Å². The summed E-state index contributed by atoms with van der Waals surface area (Å²) in [6.07, 6.45) is 0. The van der Waals surface area contributed by atoms with E-state index in [0.29, 0.717) is 29.6 Å². The van der Waals surface area contributed by atoms with Crippen LogP contribution in [0.15, 0.2) is 23.1 Å². The van der Waals surface area contributed by atoms with Crippen molar-refractivity contribution in [3.05, 3.63) is 18.2 Å². The van der Waals surface area contributed by atoms with E-state index in [4.69, 9.17) is 14.6 Å². The van der Waals surface area contributed by atoms with Gasteiger partial charge in [-0.05, 0) is 19.1 Å². The summed E-state index contributed by atoms with van der Waals surface area (Å²) in [5, 5.41) is 8.49. The smallest absolute Gasteiger partial charge is 0.307 e. The summed E-state index contributed by atoms with van der Waals surface area (Å²) in [7, 11) is -1.39. The Balaban J connectivity index is 2.22. The largest absolute Gasteiger partial charge is 0.486 e. The molecule has 5 nitrogen and oxygen atoms in total. The Hall–Kier alpha value is -1.56. The van der Waals surface area contributed by atoms with Gasteiger partial charge in [0.2, 0.25) is 0 Å². The highest BCUT2D eigenvalue weighted by Gasteiger charge is 2.26. The second kappa shape index (κ2) is 5.61. The second-order valence-electron chi connectivity index (χ2n) is 4.43. The Bertz CT molecular complexity index is 514. The number of carboxylic acid groups (broad SMARTS) is 1. The highest BCUT2D eigenvalue weighted by Crippen LogP contribution is 2.32. The summed E-state index contributed by atoms with van der Waals surface area (Å²) < 4.78 is 23.1. The zero-order chi connectivity index (χ0) is 14.0. The molecule has 0 radical (unpaired) electrons. The minimum Gasteiger partial charge on any atom is -0.486 e. The number of hydrogen-bond donors (Lipinski definition) is 1. The number of carboxylic acids is 1. The second-order valence-corrected chi connectivity index (χ2v) is 6.24. The maximum absolute atomic E-state index is 12.3. The number of carbonyl (C=O) groups is 1. The van der Waals surface area contributed by atoms with Gasteiger partial charge in [-0.3, -0.25) is 9.00 Å². The van der Waals surface area contributed by atoms with E-state index in [1.54, 1.807) is 32.0 Å². The fourth-order valence-electron chi connectivity index (χ4n) is 1.75. The van der Waals surface area contributed by atoms with Gasteiger partial charge < -0.3 is 14.6 Å². The molecule has 1 aromatic rings. The molecule has 1 aliphatic rings. The Morgan fingerprint density at radius 3 is 2.53 bits per heavy atom. The molecule has 1 aromatic carbocycles. The fraction of sp³-hybridized carbons (Fsp3) is 0.462. The Kier molecular flexibility index (Phi) is 4.09. The van der Waals surface area contributed by atoms with Gasteiger partial charge in [-0.2, -0.15) is 0 Å². The molecule has 0 fully saturated rings. The minimum atomic E-state index is -1.39. The lowest BCUT2D eigenvalue weighted by Crippen LogP contribution is -2.27. The van der Waals surface area contributed by atoms with E-state index < -0.39 is 27.9 Å². The highest BCUT2D eigenvalue weighted by atomic mass is 32.2. The third kappa shape index (κ3) is 2.89. The minimum absolute atomic E-state index is 0.462. The molecular formula is C13H16O5S. The third-order valence-corrected chi connectivity index (χ3v) is 4.98. The molecule has 0 aliphatic carbocycles. The molecule has 0 aromatic heterocycles. The van der Waals surface area contributed by atoms with Gasteiger partial charge in [0, 0.05) is 16.2 Å². The van der Waals surface area contributed by atoms with E-state index >= 15 is 0 Å². The van der Waals surface area contributed by atoms with Crippen molar-refractivity contribution in [2.75, 3.05) is 13.2 Å². The van der Waals surface area contributed by atoms with Crippen molar-refractivity contribution in [2.24, 2.45) is 5.92 Å². The van der Waals surface area contributed by atoms with E-state index in [1.165, 1.54) is 0 Å². The van der Waals surface area contributed by atoms with E-state index in [1.807, 2.05) is 0 Å². The van der Waals surface area contributed by atoms with Crippen LogP contribution in [0.5, 0.6) is 11.5 Å². The van der Waals surface area contributed by atoms with Crippen molar-refractivity contribution in [2.45, 2.75) is 24.0 Å². The molecule has 1 aliphatic heterocycles. The molecule has 0 spiro atoms. The van der Waals surface area contributed by atoms with Crippen LogP contribution in [0, 0.1) is 5.92 Å². The van der Waals surface area contributed by atoms with Crippen LogP contribution in [-0.4, -0.2) is 33.7 Å². The monoisotopic (exact) mass is 284 g/mol. The fourth-order valence-corrected chi connectivity index (χ4v) is 3.09. The molecule has 104 valence electrons. The molecule has 1 heterocycles. The summed E-state index contributed by atoms with van der Waals surface area (Å²) in [5.74, 6) is -0.425. The summed E-state index contributed by atoms with van der Waals surface area (Å²) in [4.78, 5) is 11.5. The van der Waals surface area contributed by atoms with Gasteiger partial charge in [-0.1, -0.05) is 6.92 Å². The third-order valence-electron chi connectivity index (χ3n) is 3.18. The Morgan fingerprint density at radius 1 is 1.26 bits per heavy atom. The van der Waals surface area contributed by atoms with E-state index in [0.717, 1.165) is 0 Å². The van der Waals surface area contributed by atoms with Crippen molar-refractivity contribution in [3.63, 3.8) is 0 Å². The predicted octanol–water partition coefficient (Wildman–Crippen LogP) is 1.67. The first-order valence-electron chi connectivity index (χ1n) is 6.03. The van der Waals surface area contributed by atoms with E-state index in [2.05, 4.69) is 0 Å². The zero-order valence-corrected chi connectivity index (χ0v) is 11.6. The molecular weight excluding hydrogens is 268 g/mol. The van der Waals surface area contributed by atoms with Crippen LogP contribution in [0.3, 0.4) is 0 Å². The van der Waals surface area contributed by atoms with Crippen molar-refractivity contribution in [3.8, 4) is 11.5 Å². The molecule has 0 bridgehead atoms. The normalized spacial score (nSPS) is 18.4. The lowest BCUT2D eigenvalue weighted by atomic mass is 10.1. The van der Waals surface area contributed by atoms with Crippen LogP contribution < -0.4 is 9.47 Å². The summed E-state index contributed by atoms with van der Waals surface area (Å²) in [6.45, 7) is 4.20. The van der Waals surface area contributed by atoms with Crippen molar-refractivity contribution >= 4 is 16.8 Å². The summed E-state index contributed by atoms with van der Waals surface area (Å²) in [6, 6.07) is 5.06. The van der Waals surface area contributed by atoms with Crippen LogP contribution in [0.25, 0.3) is 0 Å². The molecule has 0 saturated heterocycles. The van der Waals surface area contributed by atoms with E-state index in [9.17, 15) is 9.00 Å². The molecule has 19 heavy (non-hydrogen) atoms. The molecule has 0 amide bonds. The molecule has 0 saturated carbocycles. The van der Waals surface area contributed by atoms with Gasteiger partial charge in [-0.15, -0.1) is 0 Å². The molecule has 3 unspecified atom stereocenters. The summed E-state index contributed by atoms with van der Waals surface area (Å²) in [5.41, 5.74) is 0. The lowest BCUT2D eigenvalue weighted by Gasteiger charge is -2.20. The van der Waals surface area contributed by atoms with Crippen LogP contribution in [0.2, 0.25) is 0 Å². The summed E-state index contributed by atoms with van der Waals surface area (Å²) >= 11 is 0. The number of rotatable bonds is 4. The SMILES string of the molecule is CC(C(=O)O)C(C)S(=O)c1ccc2c(c1)OCCO2. The Labute approximate surface area is 114 Å². The van der Waals surface area contributed by atoms with Crippen LogP contribution in [-0.2, 0) is 15.6 Å². The van der Waals surface area contributed by atoms with Crippen LogP contribution in [0.4, 0.5) is 0 Å². The first-order valence-corrected chi connectivity index (χ1v) is 7.25. The van der Waals surface area contributed by atoms with E-state index in [-0.39, 0.29) is 0 Å². The van der Waals surface area contributed by atoms with Gasteiger partial charge in [0.05, 0.1) is 16.7 Å². The molecule has 2 rings (SSSR count). The standard InChI is InChI=1S/C13H16O5S/c1-8(13(14)15)9(2)19(16)10-3-4-11-12(7-10)18-6-5-17-11/h3-4,7-9H,5-6H2,1-2H3,(H,14,15). The Morgan fingerprint density at radius 2 is 1.89 bits per heavy atom. The zero-order valence-electron chi connectivity index (χ0n) is 10.8.